The van der Waals surface area contributed by atoms with Crippen LogP contribution in [0.5, 0.6) is 5.75 Å². The van der Waals surface area contributed by atoms with Gasteiger partial charge >= 0.3 is 6.18 Å². The Morgan fingerprint density at radius 1 is 1.27 bits per heavy atom. The van der Waals surface area contributed by atoms with Crippen LogP contribution in [0.4, 0.5) is 13.2 Å². The Hall–Kier alpha value is -3.10. The molecule has 2 aromatic heterocycles. The lowest BCUT2D eigenvalue weighted by molar-refractivity contribution is -0.137. The summed E-state index contributed by atoms with van der Waals surface area (Å²) >= 11 is 0. The number of hydrogen-bond acceptors (Lipinski definition) is 4. The summed E-state index contributed by atoms with van der Waals surface area (Å²) < 4.78 is 40.8. The smallest absolute Gasteiger partial charge is 0.416 e. The van der Waals surface area contributed by atoms with Crippen LogP contribution in [-0.2, 0) is 11.0 Å². The fourth-order valence-corrected chi connectivity index (χ4v) is 3.93. The Morgan fingerprint density at radius 2 is 2.03 bits per heavy atom. The molecule has 0 bridgehead atoms. The number of carbonyl (C=O) groups is 1. The summed E-state index contributed by atoms with van der Waals surface area (Å²) in [5.74, 6) is -0.336. The van der Waals surface area contributed by atoms with Gasteiger partial charge in [-0.25, -0.2) is 4.98 Å². The number of carbonyl (C=O) groups excluding carboxylic acids is 1. The molecule has 6 nitrogen and oxygen atoms in total. The number of fused-ring (bicyclic) bond motifs is 1. The van der Waals surface area contributed by atoms with E-state index in [1.807, 2.05) is 13.1 Å². The molecule has 3 aromatic rings. The number of nitrogens with zero attached hydrogens (tertiary/aromatic N) is 4. The topological polar surface area (TPSA) is 71.2 Å². The number of likely N-dealkylation sites (N-methyl/N-ethyl adjacent to an activating group) is 1. The van der Waals surface area contributed by atoms with Crippen LogP contribution < -0.4 is 0 Å². The van der Waals surface area contributed by atoms with Gasteiger partial charge in [0.2, 0.25) is 5.91 Å². The molecular formula is C21H21F3N4O2. The van der Waals surface area contributed by atoms with Gasteiger partial charge < -0.3 is 10.0 Å². The third-order valence-electron chi connectivity index (χ3n) is 5.52. The molecule has 158 valence electrons. The minimum atomic E-state index is -4.54. The minimum Gasteiger partial charge on any atom is -0.507 e. The molecule has 1 aromatic carbocycles. The fourth-order valence-electron chi connectivity index (χ4n) is 3.93. The second-order valence-electron chi connectivity index (χ2n) is 7.53. The van der Waals surface area contributed by atoms with Crippen molar-refractivity contribution < 1.29 is 23.1 Å². The number of halogens is 3. The molecule has 1 aliphatic rings. The van der Waals surface area contributed by atoms with E-state index in [4.69, 9.17) is 0 Å². The Labute approximate surface area is 170 Å². The normalized spacial score (nSPS) is 17.7. The standard InChI is InChI=1S/C21H21F3N4O2/c1-3-27-11-15(5-7-18(27)30)28-10-13-4-6-16(25-20(13)26-28)19-12(2)8-14(9-17(19)29)21(22,23)24/h4,6,8-10,15,29H,3,5,7,11H2,1-2H3/t15-/m1/s1. The number of phenolic OH excluding ortho intramolecular Hbond substituents is 1. The number of hydrogen-bond donors (Lipinski definition) is 1. The largest absolute Gasteiger partial charge is 0.507 e. The lowest BCUT2D eigenvalue weighted by Crippen LogP contribution is -2.40. The SMILES string of the molecule is CCN1C[C@H](n2cc3ccc(-c4c(C)cc(C(F)(F)F)cc4O)nc3n2)CCC1=O. The molecule has 0 saturated carbocycles. The van der Waals surface area contributed by atoms with Crippen LogP contribution in [0.2, 0.25) is 0 Å². The lowest BCUT2D eigenvalue weighted by atomic mass is 10.00. The van der Waals surface area contributed by atoms with Crippen LogP contribution >= 0.6 is 0 Å². The molecule has 9 heteroatoms. The number of pyridine rings is 1. The third kappa shape index (κ3) is 3.59. The highest BCUT2D eigenvalue weighted by Crippen LogP contribution is 2.38. The van der Waals surface area contributed by atoms with E-state index in [-0.39, 0.29) is 23.1 Å². The van der Waals surface area contributed by atoms with Gasteiger partial charge in [0.15, 0.2) is 5.65 Å². The van der Waals surface area contributed by atoms with E-state index in [0.29, 0.717) is 43.3 Å². The van der Waals surface area contributed by atoms with Crippen LogP contribution in [0.3, 0.4) is 0 Å². The number of aryl methyl sites for hydroxylation is 1. The minimum absolute atomic E-state index is 0.0431. The van der Waals surface area contributed by atoms with E-state index in [1.165, 1.54) is 6.92 Å². The number of rotatable bonds is 3. The average molecular weight is 418 g/mol. The van der Waals surface area contributed by atoms with Gasteiger partial charge in [-0.1, -0.05) is 0 Å². The van der Waals surface area contributed by atoms with Gasteiger partial charge in [-0.3, -0.25) is 9.48 Å². The summed E-state index contributed by atoms with van der Waals surface area (Å²) in [6.45, 7) is 4.67. The van der Waals surface area contributed by atoms with Crippen LogP contribution in [0, 0.1) is 6.92 Å². The Balaban J connectivity index is 1.69. The van der Waals surface area contributed by atoms with Crippen molar-refractivity contribution in [2.24, 2.45) is 0 Å². The number of piperidine rings is 1. The second kappa shape index (κ2) is 7.30. The number of phenols is 1. The monoisotopic (exact) mass is 418 g/mol. The zero-order chi connectivity index (χ0) is 21.6. The Morgan fingerprint density at radius 3 is 2.70 bits per heavy atom. The summed E-state index contributed by atoms with van der Waals surface area (Å²) in [4.78, 5) is 18.2. The summed E-state index contributed by atoms with van der Waals surface area (Å²) in [5.41, 5.74) is 0.411. The summed E-state index contributed by atoms with van der Waals surface area (Å²) in [5, 5.41) is 15.6. The number of alkyl halides is 3. The summed E-state index contributed by atoms with van der Waals surface area (Å²) in [7, 11) is 0. The van der Waals surface area contributed by atoms with Crippen molar-refractivity contribution in [2.45, 2.75) is 38.9 Å². The first kappa shape index (κ1) is 20.2. The van der Waals surface area contributed by atoms with Crippen molar-refractivity contribution in [3.63, 3.8) is 0 Å². The number of likely N-dealkylation sites (tertiary alicyclic amines) is 1. The molecule has 1 fully saturated rings. The molecular weight excluding hydrogens is 397 g/mol. The third-order valence-corrected chi connectivity index (χ3v) is 5.52. The van der Waals surface area contributed by atoms with Gasteiger partial charge in [-0.15, -0.1) is 0 Å². The van der Waals surface area contributed by atoms with E-state index in [2.05, 4.69) is 10.1 Å². The maximum Gasteiger partial charge on any atom is 0.416 e. The predicted molar refractivity (Wildman–Crippen MR) is 105 cm³/mol. The Kier molecular flexibility index (Phi) is 4.91. The van der Waals surface area contributed by atoms with Gasteiger partial charge in [-0.2, -0.15) is 18.3 Å². The molecule has 0 spiro atoms. The van der Waals surface area contributed by atoms with E-state index < -0.39 is 17.5 Å². The van der Waals surface area contributed by atoms with Gasteiger partial charge in [0.05, 0.1) is 17.3 Å². The molecule has 1 aliphatic heterocycles. The quantitative estimate of drug-likeness (QED) is 0.688. The second-order valence-corrected chi connectivity index (χ2v) is 7.53. The fraction of sp³-hybridized carbons (Fsp3) is 0.381. The molecule has 0 radical (unpaired) electrons. The molecule has 1 N–H and O–H groups in total. The highest BCUT2D eigenvalue weighted by atomic mass is 19.4. The van der Waals surface area contributed by atoms with E-state index >= 15 is 0 Å². The van der Waals surface area contributed by atoms with Crippen LogP contribution in [-0.4, -0.2) is 43.8 Å². The molecule has 30 heavy (non-hydrogen) atoms. The van der Waals surface area contributed by atoms with Gasteiger partial charge in [-0.05, 0) is 50.1 Å². The maximum absolute atomic E-state index is 13.0. The first-order chi connectivity index (χ1) is 14.2. The predicted octanol–water partition coefficient (Wildman–Crippen LogP) is 4.31. The van der Waals surface area contributed by atoms with Gasteiger partial charge in [0.1, 0.15) is 5.75 Å². The molecule has 0 aliphatic carbocycles. The first-order valence-electron chi connectivity index (χ1n) is 9.72. The molecule has 1 amide bonds. The van der Waals surface area contributed by atoms with E-state index in [0.717, 1.165) is 11.5 Å². The van der Waals surface area contributed by atoms with Crippen molar-refractivity contribution >= 4 is 16.9 Å². The Bertz CT molecular complexity index is 1100. The van der Waals surface area contributed by atoms with Crippen molar-refractivity contribution in [2.75, 3.05) is 13.1 Å². The summed E-state index contributed by atoms with van der Waals surface area (Å²) in [6, 6.07) is 5.19. The van der Waals surface area contributed by atoms with Gasteiger partial charge in [0.25, 0.3) is 0 Å². The average Bonchev–Trinajstić information content (AvgIpc) is 3.10. The zero-order valence-corrected chi connectivity index (χ0v) is 16.6. The van der Waals surface area contributed by atoms with Crippen molar-refractivity contribution in [1.82, 2.24) is 19.7 Å². The van der Waals surface area contributed by atoms with Gasteiger partial charge in [0, 0.05) is 36.7 Å². The van der Waals surface area contributed by atoms with Crippen LogP contribution in [0.25, 0.3) is 22.3 Å². The highest BCUT2D eigenvalue weighted by molar-refractivity contribution is 5.81. The number of benzene rings is 1. The van der Waals surface area contributed by atoms with E-state index in [1.54, 1.807) is 21.7 Å². The van der Waals surface area contributed by atoms with Crippen molar-refractivity contribution in [3.05, 3.63) is 41.6 Å². The van der Waals surface area contributed by atoms with Crippen molar-refractivity contribution in [3.8, 4) is 17.0 Å². The molecule has 0 unspecified atom stereocenters. The van der Waals surface area contributed by atoms with Crippen LogP contribution in [0.15, 0.2) is 30.5 Å². The zero-order valence-electron chi connectivity index (χ0n) is 16.6. The number of aromatic nitrogens is 3. The molecule has 1 saturated heterocycles. The lowest BCUT2D eigenvalue weighted by Gasteiger charge is -2.31. The molecule has 4 rings (SSSR count). The van der Waals surface area contributed by atoms with E-state index in [9.17, 15) is 23.1 Å². The highest BCUT2D eigenvalue weighted by Gasteiger charge is 2.32. The molecule has 1 atom stereocenters. The maximum atomic E-state index is 13.0. The number of aromatic hydroxyl groups is 1. The number of amides is 1. The molecule has 3 heterocycles. The summed E-state index contributed by atoms with van der Waals surface area (Å²) in [6.07, 6.45) is -1.52. The van der Waals surface area contributed by atoms with Crippen molar-refractivity contribution in [1.29, 1.82) is 0 Å². The van der Waals surface area contributed by atoms with Crippen LogP contribution in [0.1, 0.15) is 36.9 Å². The first-order valence-corrected chi connectivity index (χ1v) is 9.72.